The van der Waals surface area contributed by atoms with Crippen LogP contribution in [0, 0.1) is 0 Å². The van der Waals surface area contributed by atoms with Crippen molar-refractivity contribution in [3.63, 3.8) is 0 Å². The minimum absolute atomic E-state index is 0.0866. The summed E-state index contributed by atoms with van der Waals surface area (Å²) >= 11 is 0. The number of rotatable bonds is 3. The SMILES string of the molecule is CNc1nc(Nc2cnn3c2[C@@H](C)N(C)CC3)ncc1C(F)(F)F. The lowest BCUT2D eigenvalue weighted by Gasteiger charge is -2.31. The van der Waals surface area contributed by atoms with Crippen molar-refractivity contribution >= 4 is 17.5 Å². The van der Waals surface area contributed by atoms with Crippen LogP contribution in [-0.4, -0.2) is 45.3 Å². The van der Waals surface area contributed by atoms with Crippen LogP contribution in [0.15, 0.2) is 12.4 Å². The highest BCUT2D eigenvalue weighted by molar-refractivity contribution is 5.59. The second-order valence-corrected chi connectivity index (χ2v) is 5.65. The van der Waals surface area contributed by atoms with Gasteiger partial charge in [0.05, 0.1) is 30.2 Å². The lowest BCUT2D eigenvalue weighted by atomic mass is 10.1. The molecule has 130 valence electrons. The van der Waals surface area contributed by atoms with Crippen LogP contribution < -0.4 is 10.6 Å². The summed E-state index contributed by atoms with van der Waals surface area (Å²) in [6.45, 7) is 3.69. The Kier molecular flexibility index (Phi) is 4.08. The van der Waals surface area contributed by atoms with Crippen molar-refractivity contribution < 1.29 is 13.2 Å². The fourth-order valence-corrected chi connectivity index (χ4v) is 2.73. The average molecular weight is 341 g/mol. The van der Waals surface area contributed by atoms with E-state index in [1.54, 1.807) is 6.20 Å². The predicted molar refractivity (Wildman–Crippen MR) is 83.1 cm³/mol. The largest absolute Gasteiger partial charge is 0.421 e. The van der Waals surface area contributed by atoms with Crippen LogP contribution in [0.25, 0.3) is 0 Å². The quantitative estimate of drug-likeness (QED) is 0.894. The molecule has 1 aliphatic heterocycles. The van der Waals surface area contributed by atoms with Crippen molar-refractivity contribution in [2.75, 3.05) is 31.3 Å². The van der Waals surface area contributed by atoms with Crippen LogP contribution in [0.4, 0.5) is 30.6 Å². The molecular weight excluding hydrogens is 323 g/mol. The number of hydrogen-bond donors (Lipinski definition) is 2. The van der Waals surface area contributed by atoms with Crippen molar-refractivity contribution in [2.24, 2.45) is 0 Å². The van der Waals surface area contributed by atoms with E-state index >= 15 is 0 Å². The number of nitrogens with zero attached hydrogens (tertiary/aromatic N) is 5. The van der Waals surface area contributed by atoms with E-state index in [0.717, 1.165) is 25.0 Å². The number of halogens is 3. The van der Waals surface area contributed by atoms with Crippen molar-refractivity contribution in [3.8, 4) is 0 Å². The number of hydrogen-bond acceptors (Lipinski definition) is 6. The highest BCUT2D eigenvalue weighted by Gasteiger charge is 2.35. The van der Waals surface area contributed by atoms with E-state index in [2.05, 4.69) is 30.6 Å². The van der Waals surface area contributed by atoms with Crippen LogP contribution in [0.5, 0.6) is 0 Å². The number of alkyl halides is 3. The first-order valence-corrected chi connectivity index (χ1v) is 7.46. The maximum atomic E-state index is 12.9. The minimum Gasteiger partial charge on any atom is -0.372 e. The molecule has 2 N–H and O–H groups in total. The van der Waals surface area contributed by atoms with E-state index in [9.17, 15) is 13.2 Å². The Morgan fingerprint density at radius 1 is 1.25 bits per heavy atom. The van der Waals surface area contributed by atoms with Gasteiger partial charge < -0.3 is 10.6 Å². The molecule has 1 aliphatic rings. The Hall–Kier alpha value is -2.36. The van der Waals surface area contributed by atoms with Crippen molar-refractivity contribution in [1.29, 1.82) is 0 Å². The van der Waals surface area contributed by atoms with Crippen LogP contribution in [0.2, 0.25) is 0 Å². The molecule has 0 spiro atoms. The minimum atomic E-state index is -4.51. The first-order valence-electron chi connectivity index (χ1n) is 7.46. The van der Waals surface area contributed by atoms with E-state index < -0.39 is 11.7 Å². The Morgan fingerprint density at radius 3 is 2.67 bits per heavy atom. The lowest BCUT2D eigenvalue weighted by Crippen LogP contribution is -2.34. The van der Waals surface area contributed by atoms with Gasteiger partial charge >= 0.3 is 6.18 Å². The maximum absolute atomic E-state index is 12.9. The molecule has 0 saturated heterocycles. The summed E-state index contributed by atoms with van der Waals surface area (Å²) in [5.41, 5.74) is 0.745. The molecule has 2 aromatic rings. The number of anilines is 3. The summed E-state index contributed by atoms with van der Waals surface area (Å²) in [5.74, 6) is -0.185. The zero-order valence-electron chi connectivity index (χ0n) is 13.5. The van der Waals surface area contributed by atoms with Gasteiger partial charge in [0.2, 0.25) is 5.95 Å². The Balaban J connectivity index is 1.92. The number of fused-ring (bicyclic) bond motifs is 1. The van der Waals surface area contributed by atoms with E-state index in [1.807, 2.05) is 18.7 Å². The summed E-state index contributed by atoms with van der Waals surface area (Å²) in [6, 6.07) is 0.127. The van der Waals surface area contributed by atoms with Crippen LogP contribution in [-0.2, 0) is 12.7 Å². The molecule has 0 bridgehead atoms. The van der Waals surface area contributed by atoms with Gasteiger partial charge in [0, 0.05) is 19.8 Å². The summed E-state index contributed by atoms with van der Waals surface area (Å²) in [5, 5.41) is 9.75. The molecule has 0 fully saturated rings. The lowest BCUT2D eigenvalue weighted by molar-refractivity contribution is -0.137. The van der Waals surface area contributed by atoms with E-state index in [1.165, 1.54) is 7.05 Å². The van der Waals surface area contributed by atoms with Gasteiger partial charge in [-0.05, 0) is 14.0 Å². The molecule has 0 aromatic carbocycles. The number of likely N-dealkylation sites (N-methyl/N-ethyl adjacent to an activating group) is 1. The van der Waals surface area contributed by atoms with Crippen molar-refractivity contribution in [3.05, 3.63) is 23.7 Å². The van der Waals surface area contributed by atoms with Gasteiger partial charge in [0.25, 0.3) is 0 Å². The second kappa shape index (κ2) is 5.93. The van der Waals surface area contributed by atoms with Gasteiger partial charge in [-0.25, -0.2) is 4.98 Å². The highest BCUT2D eigenvalue weighted by Crippen LogP contribution is 2.35. The number of nitrogens with one attached hydrogen (secondary N) is 2. The smallest absolute Gasteiger partial charge is 0.372 e. The summed E-state index contributed by atoms with van der Waals surface area (Å²) < 4.78 is 40.6. The first kappa shape index (κ1) is 16.5. The van der Waals surface area contributed by atoms with Gasteiger partial charge in [-0.3, -0.25) is 9.58 Å². The molecule has 0 saturated carbocycles. The average Bonchev–Trinajstić information content (AvgIpc) is 2.93. The standard InChI is InChI=1S/C14H18F3N7/c1-8-11-10(7-20-24(11)5-4-23(8)3)21-13-19-6-9(14(15,16)17)12(18-2)22-13/h6-8H,4-5H2,1-3H3,(H2,18,19,21,22)/t8-/m1/s1. The second-order valence-electron chi connectivity index (χ2n) is 5.65. The van der Waals surface area contributed by atoms with E-state index in [4.69, 9.17) is 0 Å². The first-order chi connectivity index (χ1) is 11.3. The number of aromatic nitrogens is 4. The van der Waals surface area contributed by atoms with Gasteiger partial charge in [0.1, 0.15) is 11.4 Å². The Labute approximate surface area is 136 Å². The molecule has 7 nitrogen and oxygen atoms in total. The van der Waals surface area contributed by atoms with E-state index in [-0.39, 0.29) is 17.8 Å². The molecule has 3 heterocycles. The summed E-state index contributed by atoms with van der Waals surface area (Å²) in [4.78, 5) is 9.89. The Morgan fingerprint density at radius 2 is 2.00 bits per heavy atom. The molecule has 1 atom stereocenters. The molecule has 0 radical (unpaired) electrons. The fourth-order valence-electron chi connectivity index (χ4n) is 2.73. The van der Waals surface area contributed by atoms with Crippen LogP contribution in [0.3, 0.4) is 0 Å². The molecule has 3 rings (SSSR count). The normalized spacial score (nSPS) is 18.3. The van der Waals surface area contributed by atoms with Gasteiger partial charge in [-0.15, -0.1) is 0 Å². The zero-order chi connectivity index (χ0) is 17.5. The summed E-state index contributed by atoms with van der Waals surface area (Å²) in [7, 11) is 3.40. The van der Waals surface area contributed by atoms with E-state index in [0.29, 0.717) is 5.69 Å². The monoisotopic (exact) mass is 341 g/mol. The van der Waals surface area contributed by atoms with Crippen molar-refractivity contribution in [1.82, 2.24) is 24.6 Å². The molecule has 0 amide bonds. The molecule has 0 aliphatic carbocycles. The topological polar surface area (TPSA) is 70.9 Å². The van der Waals surface area contributed by atoms with Gasteiger partial charge in [-0.2, -0.15) is 23.3 Å². The predicted octanol–water partition coefficient (Wildman–Crippen LogP) is 2.48. The van der Waals surface area contributed by atoms with Crippen LogP contribution in [0.1, 0.15) is 24.2 Å². The molecule has 24 heavy (non-hydrogen) atoms. The third-order valence-corrected chi connectivity index (χ3v) is 4.18. The van der Waals surface area contributed by atoms with Gasteiger partial charge in [-0.1, -0.05) is 0 Å². The third kappa shape index (κ3) is 2.88. The van der Waals surface area contributed by atoms with Gasteiger partial charge in [0.15, 0.2) is 0 Å². The maximum Gasteiger partial charge on any atom is 0.421 e. The molecule has 0 unspecified atom stereocenters. The molecule has 2 aromatic heterocycles. The highest BCUT2D eigenvalue weighted by atomic mass is 19.4. The summed E-state index contributed by atoms with van der Waals surface area (Å²) in [6.07, 6.45) is -2.09. The Bertz CT molecular complexity index is 740. The van der Waals surface area contributed by atoms with Crippen molar-refractivity contribution in [2.45, 2.75) is 25.7 Å². The fraction of sp³-hybridized carbons (Fsp3) is 0.500. The zero-order valence-corrected chi connectivity index (χ0v) is 13.5. The molecule has 10 heteroatoms. The third-order valence-electron chi connectivity index (χ3n) is 4.18. The van der Waals surface area contributed by atoms with Crippen LogP contribution >= 0.6 is 0 Å². The molecular formula is C14H18F3N7.